The molecule has 0 saturated carbocycles. The molecule has 0 radical (unpaired) electrons. The molecule has 0 saturated heterocycles. The lowest BCUT2D eigenvalue weighted by Crippen LogP contribution is -2.01. The zero-order chi connectivity index (χ0) is 12.3. The predicted molar refractivity (Wildman–Crippen MR) is 80.3 cm³/mol. The van der Waals surface area contributed by atoms with E-state index in [0.29, 0.717) is 0 Å². The molecule has 92 valence electrons. The van der Waals surface area contributed by atoms with E-state index in [9.17, 15) is 5.11 Å². The van der Waals surface area contributed by atoms with Crippen LogP contribution in [-0.4, -0.2) is 5.11 Å². The molecule has 0 fully saturated rings. The van der Waals surface area contributed by atoms with Crippen LogP contribution in [-0.2, 0) is 0 Å². The van der Waals surface area contributed by atoms with Crippen molar-refractivity contribution >= 4 is 34.2 Å². The van der Waals surface area contributed by atoms with Crippen molar-refractivity contribution < 1.29 is 5.11 Å². The maximum Gasteiger partial charge on any atom is 0.100 e. The van der Waals surface area contributed by atoms with Crippen LogP contribution in [0.15, 0.2) is 29.8 Å². The average molecular weight is 363 g/mol. The smallest absolute Gasteiger partial charge is 0.100 e. The Morgan fingerprint density at radius 2 is 2.06 bits per heavy atom. The molecule has 1 unspecified atom stereocenters. The number of benzene rings is 1. The highest BCUT2D eigenvalue weighted by Gasteiger charge is 2.15. The van der Waals surface area contributed by atoms with Gasteiger partial charge in [-0.15, -0.1) is 0 Å². The zero-order valence-electron chi connectivity index (χ0n) is 9.63. The molecule has 0 amide bonds. The summed E-state index contributed by atoms with van der Waals surface area (Å²) in [7, 11) is 0. The molecule has 17 heavy (non-hydrogen) atoms. The third-order valence-electron chi connectivity index (χ3n) is 3.19. The summed E-state index contributed by atoms with van der Waals surface area (Å²) in [5, 5.41) is 11.1. The van der Waals surface area contributed by atoms with Crippen molar-refractivity contribution in [3.05, 3.63) is 44.0 Å². The third kappa shape index (κ3) is 3.46. The Morgan fingerprint density at radius 3 is 2.82 bits per heavy atom. The number of hydrogen-bond donors (Lipinski definition) is 1. The van der Waals surface area contributed by atoms with Gasteiger partial charge in [0.2, 0.25) is 0 Å². The summed E-state index contributed by atoms with van der Waals surface area (Å²) in [5.41, 5.74) is 2.06. The van der Waals surface area contributed by atoms with Crippen molar-refractivity contribution in [2.45, 2.75) is 38.2 Å². The van der Waals surface area contributed by atoms with Crippen LogP contribution in [0.5, 0.6) is 0 Å². The summed E-state index contributed by atoms with van der Waals surface area (Å²) in [5.74, 6) is 0. The lowest BCUT2D eigenvalue weighted by Gasteiger charge is -2.15. The van der Waals surface area contributed by atoms with E-state index in [2.05, 4.69) is 28.7 Å². The second-order valence-corrected chi connectivity index (χ2v) is 6.02. The third-order valence-corrected chi connectivity index (χ3v) is 4.76. The van der Waals surface area contributed by atoms with Crippen LogP contribution in [0.2, 0.25) is 5.02 Å². The highest BCUT2D eigenvalue weighted by Crippen LogP contribution is 2.31. The van der Waals surface area contributed by atoms with Crippen molar-refractivity contribution in [1.29, 1.82) is 0 Å². The van der Waals surface area contributed by atoms with Gasteiger partial charge in [-0.1, -0.05) is 30.2 Å². The molecule has 0 heterocycles. The predicted octanol–water partition coefficient (Wildman–Crippen LogP) is 4.87. The van der Waals surface area contributed by atoms with Crippen molar-refractivity contribution in [3.63, 3.8) is 0 Å². The largest absolute Gasteiger partial charge is 0.384 e. The maximum absolute atomic E-state index is 10.4. The van der Waals surface area contributed by atoms with E-state index in [-0.39, 0.29) is 0 Å². The number of aliphatic hydroxyl groups excluding tert-OH is 1. The Kier molecular flexibility index (Phi) is 4.88. The minimum absolute atomic E-state index is 0.484. The lowest BCUT2D eigenvalue weighted by molar-refractivity contribution is 0.210. The van der Waals surface area contributed by atoms with Crippen molar-refractivity contribution in [2.24, 2.45) is 0 Å². The summed E-state index contributed by atoms with van der Waals surface area (Å²) >= 11 is 8.29. The fraction of sp³-hybridized carbons (Fsp3) is 0.429. The molecular weight excluding hydrogens is 347 g/mol. The number of allylic oxidation sites excluding steroid dienone is 1. The first-order valence-corrected chi connectivity index (χ1v) is 7.46. The van der Waals surface area contributed by atoms with Gasteiger partial charge in [-0.05, 0) is 71.5 Å². The molecule has 1 nitrogen and oxygen atoms in total. The van der Waals surface area contributed by atoms with Crippen LogP contribution < -0.4 is 0 Å². The maximum atomic E-state index is 10.4. The van der Waals surface area contributed by atoms with Crippen LogP contribution in [0, 0.1) is 3.57 Å². The molecule has 0 bridgehead atoms. The summed E-state index contributed by atoms with van der Waals surface area (Å²) in [6, 6.07) is 5.79. The van der Waals surface area contributed by atoms with Crippen molar-refractivity contribution in [2.75, 3.05) is 0 Å². The van der Waals surface area contributed by atoms with Gasteiger partial charge >= 0.3 is 0 Å². The topological polar surface area (TPSA) is 20.2 Å². The minimum atomic E-state index is -0.484. The van der Waals surface area contributed by atoms with Gasteiger partial charge in [0.15, 0.2) is 0 Å². The van der Waals surface area contributed by atoms with Gasteiger partial charge in [0, 0.05) is 3.57 Å². The first-order chi connectivity index (χ1) is 8.18. The second-order valence-electron chi connectivity index (χ2n) is 4.45. The van der Waals surface area contributed by atoms with Gasteiger partial charge in [0.05, 0.1) is 5.02 Å². The molecule has 1 N–H and O–H groups in total. The Labute approximate surface area is 121 Å². The van der Waals surface area contributed by atoms with Gasteiger partial charge in [0.1, 0.15) is 6.10 Å². The molecule has 2 rings (SSSR count). The molecule has 1 aliphatic rings. The van der Waals surface area contributed by atoms with Crippen molar-refractivity contribution in [3.8, 4) is 0 Å². The molecule has 0 aliphatic heterocycles. The molecule has 1 aromatic carbocycles. The molecule has 0 aromatic heterocycles. The van der Waals surface area contributed by atoms with E-state index in [4.69, 9.17) is 11.6 Å². The molecule has 1 aliphatic carbocycles. The normalized spacial score (nSPS) is 18.4. The Balaban J connectivity index is 2.20. The molecule has 1 atom stereocenters. The first kappa shape index (κ1) is 13.4. The van der Waals surface area contributed by atoms with Crippen LogP contribution in [0.4, 0.5) is 0 Å². The van der Waals surface area contributed by atoms with E-state index in [1.165, 1.54) is 19.3 Å². The van der Waals surface area contributed by atoms with Gasteiger partial charge in [0.25, 0.3) is 0 Å². The van der Waals surface area contributed by atoms with Crippen LogP contribution >= 0.6 is 34.2 Å². The van der Waals surface area contributed by atoms with E-state index in [0.717, 1.165) is 32.6 Å². The monoisotopic (exact) mass is 362 g/mol. The number of rotatable bonds is 2. The highest BCUT2D eigenvalue weighted by atomic mass is 127. The SMILES string of the molecule is OC(C1=CCCCCC1)c1ccc(I)c(Cl)c1. The first-order valence-electron chi connectivity index (χ1n) is 6.00. The number of aliphatic hydroxyl groups is 1. The summed E-state index contributed by atoms with van der Waals surface area (Å²) in [6.07, 6.45) is 7.49. The Morgan fingerprint density at radius 1 is 1.24 bits per heavy atom. The van der Waals surface area contributed by atoms with Gasteiger partial charge in [-0.25, -0.2) is 0 Å². The van der Waals surface area contributed by atoms with Gasteiger partial charge in [-0.2, -0.15) is 0 Å². The summed E-state index contributed by atoms with van der Waals surface area (Å²) in [6.45, 7) is 0. The highest BCUT2D eigenvalue weighted by molar-refractivity contribution is 14.1. The van der Waals surface area contributed by atoms with E-state index >= 15 is 0 Å². The number of hydrogen-bond acceptors (Lipinski definition) is 1. The van der Waals surface area contributed by atoms with Crippen LogP contribution in [0.25, 0.3) is 0 Å². The quantitative estimate of drug-likeness (QED) is 0.588. The fourth-order valence-corrected chi connectivity index (χ4v) is 2.71. The molecular formula is C14H16ClIO. The van der Waals surface area contributed by atoms with Gasteiger partial charge < -0.3 is 5.11 Å². The average Bonchev–Trinajstić information content (AvgIpc) is 2.60. The van der Waals surface area contributed by atoms with E-state index in [1.54, 1.807) is 0 Å². The van der Waals surface area contributed by atoms with E-state index < -0.39 is 6.10 Å². The molecule has 0 spiro atoms. The Bertz CT molecular complexity index is 428. The zero-order valence-corrected chi connectivity index (χ0v) is 12.5. The second kappa shape index (κ2) is 6.21. The molecule has 1 aromatic rings. The fourth-order valence-electron chi connectivity index (χ4n) is 2.18. The summed E-state index contributed by atoms with van der Waals surface area (Å²) in [4.78, 5) is 0. The molecule has 3 heteroatoms. The van der Waals surface area contributed by atoms with Crippen molar-refractivity contribution in [1.82, 2.24) is 0 Å². The standard InChI is InChI=1S/C14H16ClIO/c15-12-9-11(7-8-13(12)16)14(17)10-5-3-1-2-4-6-10/h5,7-9,14,17H,1-4,6H2. The van der Waals surface area contributed by atoms with Gasteiger partial charge in [-0.3, -0.25) is 0 Å². The Hall–Kier alpha value is -0.0600. The van der Waals surface area contributed by atoms with Crippen LogP contribution in [0.1, 0.15) is 43.8 Å². The van der Waals surface area contributed by atoms with E-state index in [1.807, 2.05) is 18.2 Å². The lowest BCUT2D eigenvalue weighted by atomic mass is 9.98. The van der Waals surface area contributed by atoms with Crippen LogP contribution in [0.3, 0.4) is 0 Å². The number of halogens is 2. The minimum Gasteiger partial charge on any atom is -0.384 e. The summed E-state index contributed by atoms with van der Waals surface area (Å²) < 4.78 is 1.02.